The number of carbonyl (C=O) groups is 1. The minimum atomic E-state index is -0.360. The molecule has 0 unspecified atom stereocenters. The van der Waals surface area contributed by atoms with Crippen molar-refractivity contribution in [1.82, 2.24) is 10.4 Å². The van der Waals surface area contributed by atoms with E-state index >= 15 is 0 Å². The summed E-state index contributed by atoms with van der Waals surface area (Å²) in [5, 5.41) is 6.11. The molecule has 2 aromatic carbocycles. The van der Waals surface area contributed by atoms with Crippen LogP contribution < -0.4 is 10.2 Å². The van der Waals surface area contributed by atoms with E-state index < -0.39 is 0 Å². The second-order valence-electron chi connectivity index (χ2n) is 4.82. The van der Waals surface area contributed by atoms with Crippen LogP contribution in [0.25, 0.3) is 10.8 Å². The smallest absolute Gasteiger partial charge is 0.289 e. The lowest BCUT2D eigenvalue weighted by Gasteiger charge is -2.08. The molecule has 3 rings (SSSR count). The van der Waals surface area contributed by atoms with E-state index in [0.717, 1.165) is 16.3 Å². The van der Waals surface area contributed by atoms with Crippen molar-refractivity contribution in [3.8, 4) is 5.75 Å². The lowest BCUT2D eigenvalue weighted by Crippen LogP contribution is -2.18. The van der Waals surface area contributed by atoms with E-state index in [-0.39, 0.29) is 5.91 Å². The Kier molecular flexibility index (Phi) is 4.29. The standard InChI is InChI=1S/C18H15N3O2/c1-23-17-10-9-13-6-2-3-7-14(13)15(17)12-20-21-18(22)16-8-4-5-11-19-16/h2-12H,1H3,(H,21,22)/b20-12-. The summed E-state index contributed by atoms with van der Waals surface area (Å²) in [4.78, 5) is 15.9. The van der Waals surface area contributed by atoms with Crippen molar-refractivity contribution in [2.24, 2.45) is 5.10 Å². The van der Waals surface area contributed by atoms with Gasteiger partial charge in [0.1, 0.15) is 11.4 Å². The summed E-state index contributed by atoms with van der Waals surface area (Å²) in [5.74, 6) is 0.334. The molecular formula is C18H15N3O2. The molecule has 0 radical (unpaired) electrons. The summed E-state index contributed by atoms with van der Waals surface area (Å²) in [5.41, 5.74) is 3.60. The highest BCUT2D eigenvalue weighted by atomic mass is 16.5. The molecule has 0 bridgehead atoms. The van der Waals surface area contributed by atoms with Crippen molar-refractivity contribution in [3.05, 3.63) is 72.1 Å². The quantitative estimate of drug-likeness (QED) is 0.595. The van der Waals surface area contributed by atoms with Crippen LogP contribution in [0.2, 0.25) is 0 Å². The van der Waals surface area contributed by atoms with Crippen molar-refractivity contribution in [3.63, 3.8) is 0 Å². The SMILES string of the molecule is COc1ccc2ccccc2c1/C=N\NC(=O)c1ccccn1. The summed E-state index contributed by atoms with van der Waals surface area (Å²) >= 11 is 0. The molecule has 5 heteroatoms. The summed E-state index contributed by atoms with van der Waals surface area (Å²) in [6.45, 7) is 0. The van der Waals surface area contributed by atoms with Crippen LogP contribution in [0.3, 0.4) is 0 Å². The maximum absolute atomic E-state index is 11.9. The maximum atomic E-state index is 11.9. The summed E-state index contributed by atoms with van der Waals surface area (Å²) < 4.78 is 5.38. The fraction of sp³-hybridized carbons (Fsp3) is 0.0556. The number of methoxy groups -OCH3 is 1. The number of rotatable bonds is 4. The Balaban J connectivity index is 1.87. The number of aromatic nitrogens is 1. The normalized spacial score (nSPS) is 10.8. The molecule has 0 spiro atoms. The molecule has 0 atom stereocenters. The highest BCUT2D eigenvalue weighted by Gasteiger charge is 2.07. The average Bonchev–Trinajstić information content (AvgIpc) is 2.62. The Hall–Kier alpha value is -3.21. The molecule has 1 aromatic heterocycles. The van der Waals surface area contributed by atoms with Gasteiger partial charge in [-0.3, -0.25) is 9.78 Å². The number of nitrogens with one attached hydrogen (secondary N) is 1. The lowest BCUT2D eigenvalue weighted by atomic mass is 10.0. The summed E-state index contributed by atoms with van der Waals surface area (Å²) in [6, 6.07) is 16.9. The van der Waals surface area contributed by atoms with Gasteiger partial charge in [-0.15, -0.1) is 0 Å². The Morgan fingerprint density at radius 3 is 2.74 bits per heavy atom. The number of amides is 1. The zero-order valence-corrected chi connectivity index (χ0v) is 12.6. The minimum Gasteiger partial charge on any atom is -0.496 e. The predicted molar refractivity (Wildman–Crippen MR) is 89.8 cm³/mol. The monoisotopic (exact) mass is 305 g/mol. The molecule has 0 aliphatic carbocycles. The Bertz CT molecular complexity index is 861. The van der Waals surface area contributed by atoms with Crippen LogP contribution in [0.15, 0.2) is 65.9 Å². The summed E-state index contributed by atoms with van der Waals surface area (Å²) in [7, 11) is 1.61. The summed E-state index contributed by atoms with van der Waals surface area (Å²) in [6.07, 6.45) is 3.15. The van der Waals surface area contributed by atoms with E-state index in [1.807, 2.05) is 36.4 Å². The van der Waals surface area contributed by atoms with Crippen molar-refractivity contribution in [2.75, 3.05) is 7.11 Å². The number of benzene rings is 2. The Morgan fingerprint density at radius 1 is 1.13 bits per heavy atom. The van der Waals surface area contributed by atoms with Gasteiger partial charge < -0.3 is 4.74 Å². The third-order valence-corrected chi connectivity index (χ3v) is 3.41. The highest BCUT2D eigenvalue weighted by Crippen LogP contribution is 2.26. The van der Waals surface area contributed by atoms with Gasteiger partial charge in [-0.1, -0.05) is 36.4 Å². The van der Waals surface area contributed by atoms with Crippen LogP contribution in [-0.4, -0.2) is 24.2 Å². The van der Waals surface area contributed by atoms with Crippen LogP contribution in [0.4, 0.5) is 0 Å². The van der Waals surface area contributed by atoms with Crippen molar-refractivity contribution in [2.45, 2.75) is 0 Å². The van der Waals surface area contributed by atoms with Gasteiger partial charge in [0.25, 0.3) is 5.91 Å². The molecule has 23 heavy (non-hydrogen) atoms. The van der Waals surface area contributed by atoms with Gasteiger partial charge in [-0.2, -0.15) is 5.10 Å². The molecule has 3 aromatic rings. The van der Waals surface area contributed by atoms with Gasteiger partial charge in [0.05, 0.1) is 13.3 Å². The second kappa shape index (κ2) is 6.70. The average molecular weight is 305 g/mol. The van der Waals surface area contributed by atoms with Crippen molar-refractivity contribution >= 4 is 22.9 Å². The van der Waals surface area contributed by atoms with Gasteiger partial charge >= 0.3 is 0 Å². The second-order valence-corrected chi connectivity index (χ2v) is 4.82. The first-order chi connectivity index (χ1) is 11.3. The predicted octanol–water partition coefficient (Wildman–Crippen LogP) is 3.01. The van der Waals surface area contributed by atoms with Gasteiger partial charge in [-0.25, -0.2) is 5.43 Å². The number of nitrogens with zero attached hydrogens (tertiary/aromatic N) is 2. The number of pyridine rings is 1. The molecule has 0 aliphatic heterocycles. The van der Waals surface area contributed by atoms with E-state index in [2.05, 4.69) is 15.5 Å². The molecule has 1 N–H and O–H groups in total. The van der Waals surface area contributed by atoms with Gasteiger partial charge in [-0.05, 0) is 29.0 Å². The molecule has 0 saturated heterocycles. The molecule has 1 heterocycles. The first kappa shape index (κ1) is 14.7. The fourth-order valence-electron chi connectivity index (χ4n) is 2.30. The topological polar surface area (TPSA) is 63.6 Å². The highest BCUT2D eigenvalue weighted by molar-refractivity contribution is 6.03. The molecule has 0 fully saturated rings. The maximum Gasteiger partial charge on any atom is 0.289 e. The molecule has 1 amide bonds. The van der Waals surface area contributed by atoms with E-state index in [1.165, 1.54) is 0 Å². The van der Waals surface area contributed by atoms with Crippen LogP contribution in [0, 0.1) is 0 Å². The fourth-order valence-corrected chi connectivity index (χ4v) is 2.30. The number of hydrogen-bond acceptors (Lipinski definition) is 4. The van der Waals surface area contributed by atoms with Crippen molar-refractivity contribution in [1.29, 1.82) is 0 Å². The largest absolute Gasteiger partial charge is 0.496 e. The molecule has 114 valence electrons. The third-order valence-electron chi connectivity index (χ3n) is 3.41. The van der Waals surface area contributed by atoms with Gasteiger partial charge in [0, 0.05) is 11.8 Å². The molecule has 0 aliphatic rings. The minimum absolute atomic E-state index is 0.314. The van der Waals surface area contributed by atoms with Crippen LogP contribution >= 0.6 is 0 Å². The zero-order chi connectivity index (χ0) is 16.1. The lowest BCUT2D eigenvalue weighted by molar-refractivity contribution is 0.0950. The number of hydrazone groups is 1. The van der Waals surface area contributed by atoms with E-state index in [4.69, 9.17) is 4.74 Å². The van der Waals surface area contributed by atoms with Gasteiger partial charge in [0.15, 0.2) is 0 Å². The van der Waals surface area contributed by atoms with E-state index in [9.17, 15) is 4.79 Å². The number of fused-ring (bicyclic) bond motifs is 1. The van der Waals surface area contributed by atoms with E-state index in [1.54, 1.807) is 37.7 Å². The number of ether oxygens (including phenoxy) is 1. The number of hydrogen-bond donors (Lipinski definition) is 1. The van der Waals surface area contributed by atoms with Crippen LogP contribution in [-0.2, 0) is 0 Å². The first-order valence-electron chi connectivity index (χ1n) is 7.10. The van der Waals surface area contributed by atoms with E-state index in [0.29, 0.717) is 11.4 Å². The third kappa shape index (κ3) is 3.18. The number of carbonyl (C=O) groups excluding carboxylic acids is 1. The van der Waals surface area contributed by atoms with Crippen LogP contribution in [0.5, 0.6) is 5.75 Å². The molecule has 5 nitrogen and oxygen atoms in total. The molecule has 0 saturated carbocycles. The van der Waals surface area contributed by atoms with Crippen molar-refractivity contribution < 1.29 is 9.53 Å². The van der Waals surface area contributed by atoms with Crippen LogP contribution in [0.1, 0.15) is 16.1 Å². The Labute approximate surface area is 133 Å². The molecular weight excluding hydrogens is 290 g/mol. The zero-order valence-electron chi connectivity index (χ0n) is 12.6. The first-order valence-corrected chi connectivity index (χ1v) is 7.10. The Morgan fingerprint density at radius 2 is 1.96 bits per heavy atom. The van der Waals surface area contributed by atoms with Gasteiger partial charge in [0.2, 0.25) is 0 Å².